The molecule has 1 aromatic carbocycles. The van der Waals surface area contributed by atoms with Crippen molar-refractivity contribution in [1.82, 2.24) is 5.32 Å². The number of nitrogens with zero attached hydrogens (tertiary/aromatic N) is 1. The van der Waals surface area contributed by atoms with Crippen molar-refractivity contribution < 1.29 is 14.7 Å². The Morgan fingerprint density at radius 1 is 1.37 bits per heavy atom. The van der Waals surface area contributed by atoms with Gasteiger partial charge in [0.05, 0.1) is 18.2 Å². The highest BCUT2D eigenvalue weighted by atomic mass is 16.4. The molecule has 0 aromatic heterocycles. The van der Waals surface area contributed by atoms with Gasteiger partial charge in [0.2, 0.25) is 5.91 Å². The molecule has 19 heavy (non-hydrogen) atoms. The molecule has 0 heterocycles. The molecular weight excluding hydrogens is 246 g/mol. The number of anilines is 1. The summed E-state index contributed by atoms with van der Waals surface area (Å²) >= 11 is 0. The van der Waals surface area contributed by atoms with Crippen molar-refractivity contribution in [3.05, 3.63) is 29.8 Å². The molecule has 6 nitrogen and oxygen atoms in total. The number of carboxylic acids is 1. The standard InChI is InChI=1S/C13H15N3O3/c14-8-10-3-1-4-11(7-10)16-12(17)9-15-6-2-5-13(18)19/h1,3-4,7,15H,2,5-6,9H2,(H,16,17)(H,18,19). The fraction of sp³-hybridized carbons (Fsp3) is 0.308. The Balaban J connectivity index is 2.27. The number of rotatable bonds is 7. The zero-order chi connectivity index (χ0) is 14.1. The van der Waals surface area contributed by atoms with E-state index in [4.69, 9.17) is 10.4 Å². The lowest BCUT2D eigenvalue weighted by Crippen LogP contribution is -2.29. The molecule has 0 atom stereocenters. The first kappa shape index (κ1) is 14.7. The number of carboxylic acid groups (broad SMARTS) is 1. The Hall–Kier alpha value is -2.39. The van der Waals surface area contributed by atoms with Gasteiger partial charge in [-0.2, -0.15) is 5.26 Å². The summed E-state index contributed by atoms with van der Waals surface area (Å²) in [5.41, 5.74) is 1.05. The average molecular weight is 261 g/mol. The highest BCUT2D eigenvalue weighted by Crippen LogP contribution is 2.09. The van der Waals surface area contributed by atoms with Crippen molar-refractivity contribution in [2.45, 2.75) is 12.8 Å². The lowest BCUT2D eigenvalue weighted by molar-refractivity contribution is -0.137. The summed E-state index contributed by atoms with van der Waals surface area (Å²) < 4.78 is 0. The van der Waals surface area contributed by atoms with Crippen molar-refractivity contribution in [1.29, 1.82) is 5.26 Å². The fourth-order valence-corrected chi connectivity index (χ4v) is 1.44. The molecule has 0 aliphatic carbocycles. The smallest absolute Gasteiger partial charge is 0.303 e. The quantitative estimate of drug-likeness (QED) is 0.634. The first-order valence-electron chi connectivity index (χ1n) is 5.84. The Bertz CT molecular complexity index is 494. The third-order valence-electron chi connectivity index (χ3n) is 2.31. The second kappa shape index (κ2) is 7.84. The minimum atomic E-state index is -0.848. The van der Waals surface area contributed by atoms with Gasteiger partial charge in [0, 0.05) is 12.1 Å². The number of benzene rings is 1. The maximum Gasteiger partial charge on any atom is 0.303 e. The summed E-state index contributed by atoms with van der Waals surface area (Å²) in [5.74, 6) is -1.08. The molecule has 0 aliphatic heterocycles. The van der Waals surface area contributed by atoms with Crippen LogP contribution in [0, 0.1) is 11.3 Å². The number of nitrogens with one attached hydrogen (secondary N) is 2. The van der Waals surface area contributed by atoms with E-state index < -0.39 is 5.97 Å². The fourth-order valence-electron chi connectivity index (χ4n) is 1.44. The number of amides is 1. The van der Waals surface area contributed by atoms with Crippen molar-refractivity contribution in [3.63, 3.8) is 0 Å². The zero-order valence-corrected chi connectivity index (χ0v) is 10.3. The zero-order valence-electron chi connectivity index (χ0n) is 10.3. The maximum atomic E-state index is 11.5. The molecule has 1 amide bonds. The number of nitriles is 1. The van der Waals surface area contributed by atoms with Crippen LogP contribution in [0.2, 0.25) is 0 Å². The second-order valence-electron chi connectivity index (χ2n) is 3.91. The van der Waals surface area contributed by atoms with Crippen molar-refractivity contribution >= 4 is 17.6 Å². The third kappa shape index (κ3) is 6.19. The first-order valence-corrected chi connectivity index (χ1v) is 5.84. The summed E-state index contributed by atoms with van der Waals surface area (Å²) in [5, 5.41) is 22.6. The monoisotopic (exact) mass is 261 g/mol. The topological polar surface area (TPSA) is 102 Å². The Labute approximate surface area is 111 Å². The highest BCUT2D eigenvalue weighted by Gasteiger charge is 2.03. The molecule has 0 aliphatic rings. The van der Waals surface area contributed by atoms with Crippen molar-refractivity contribution in [2.75, 3.05) is 18.4 Å². The summed E-state index contributed by atoms with van der Waals surface area (Å²) in [6.07, 6.45) is 0.561. The van der Waals surface area contributed by atoms with E-state index in [1.165, 1.54) is 0 Å². The van der Waals surface area contributed by atoms with Crippen LogP contribution >= 0.6 is 0 Å². The Morgan fingerprint density at radius 3 is 2.84 bits per heavy atom. The van der Waals surface area contributed by atoms with Crippen LogP contribution in [0.3, 0.4) is 0 Å². The van der Waals surface area contributed by atoms with E-state index >= 15 is 0 Å². The Kier molecular flexibility index (Phi) is 6.06. The predicted octanol–water partition coefficient (Wildman–Crippen LogP) is 0.951. The van der Waals surface area contributed by atoms with Gasteiger partial charge in [-0.05, 0) is 31.2 Å². The molecule has 1 aromatic rings. The van der Waals surface area contributed by atoms with Crippen LogP contribution in [0.4, 0.5) is 5.69 Å². The van der Waals surface area contributed by atoms with Crippen LogP contribution in [0.25, 0.3) is 0 Å². The van der Waals surface area contributed by atoms with E-state index in [1.54, 1.807) is 24.3 Å². The molecule has 0 spiro atoms. The maximum absolute atomic E-state index is 11.5. The van der Waals surface area contributed by atoms with Gasteiger partial charge in [-0.1, -0.05) is 6.07 Å². The summed E-state index contributed by atoms with van der Waals surface area (Å²) in [7, 11) is 0. The molecule has 0 saturated heterocycles. The van der Waals surface area contributed by atoms with Gasteiger partial charge in [0.25, 0.3) is 0 Å². The van der Waals surface area contributed by atoms with Crippen LogP contribution in [-0.4, -0.2) is 30.1 Å². The van der Waals surface area contributed by atoms with Gasteiger partial charge < -0.3 is 15.7 Å². The minimum absolute atomic E-state index is 0.0822. The van der Waals surface area contributed by atoms with Gasteiger partial charge in [0.1, 0.15) is 0 Å². The van der Waals surface area contributed by atoms with Crippen LogP contribution in [0.5, 0.6) is 0 Å². The molecule has 0 radical (unpaired) electrons. The molecule has 3 N–H and O–H groups in total. The summed E-state index contributed by atoms with van der Waals surface area (Å²) in [6.45, 7) is 0.578. The minimum Gasteiger partial charge on any atom is -0.481 e. The van der Waals surface area contributed by atoms with Crippen LogP contribution in [0.1, 0.15) is 18.4 Å². The van der Waals surface area contributed by atoms with Crippen molar-refractivity contribution in [2.24, 2.45) is 0 Å². The summed E-state index contributed by atoms with van der Waals surface area (Å²) in [4.78, 5) is 21.8. The van der Waals surface area contributed by atoms with Gasteiger partial charge in [-0.25, -0.2) is 0 Å². The molecule has 6 heteroatoms. The molecule has 100 valence electrons. The van der Waals surface area contributed by atoms with Gasteiger partial charge in [-0.15, -0.1) is 0 Å². The molecule has 0 bridgehead atoms. The predicted molar refractivity (Wildman–Crippen MR) is 69.5 cm³/mol. The third-order valence-corrected chi connectivity index (χ3v) is 2.31. The molecule has 0 saturated carbocycles. The largest absolute Gasteiger partial charge is 0.481 e. The number of carbonyl (C=O) groups is 2. The number of hydrogen-bond acceptors (Lipinski definition) is 4. The second-order valence-corrected chi connectivity index (χ2v) is 3.91. The van der Waals surface area contributed by atoms with E-state index in [1.807, 2.05) is 6.07 Å². The SMILES string of the molecule is N#Cc1cccc(NC(=O)CNCCCC(=O)O)c1. The number of carbonyl (C=O) groups excluding carboxylic acids is 1. The van der Waals surface area contributed by atoms with Gasteiger partial charge in [0.15, 0.2) is 0 Å². The van der Waals surface area contributed by atoms with Gasteiger partial charge >= 0.3 is 5.97 Å². The highest BCUT2D eigenvalue weighted by molar-refractivity contribution is 5.92. The molecule has 0 unspecified atom stereocenters. The van der Waals surface area contributed by atoms with E-state index in [9.17, 15) is 9.59 Å². The molecule has 1 rings (SSSR count). The lowest BCUT2D eigenvalue weighted by atomic mass is 10.2. The normalized spacial score (nSPS) is 9.63. The van der Waals surface area contributed by atoms with Crippen LogP contribution in [0.15, 0.2) is 24.3 Å². The summed E-state index contributed by atoms with van der Waals surface area (Å²) in [6, 6.07) is 8.61. The van der Waals surface area contributed by atoms with Gasteiger partial charge in [-0.3, -0.25) is 9.59 Å². The average Bonchev–Trinajstić information content (AvgIpc) is 2.38. The Morgan fingerprint density at radius 2 is 2.16 bits per heavy atom. The van der Waals surface area contributed by atoms with E-state index in [0.717, 1.165) is 0 Å². The molecule has 0 fully saturated rings. The van der Waals surface area contributed by atoms with E-state index in [2.05, 4.69) is 10.6 Å². The number of hydrogen-bond donors (Lipinski definition) is 3. The van der Waals surface area contributed by atoms with E-state index in [-0.39, 0.29) is 18.9 Å². The first-order chi connectivity index (χ1) is 9.11. The van der Waals surface area contributed by atoms with Crippen LogP contribution in [-0.2, 0) is 9.59 Å². The van der Waals surface area contributed by atoms with Crippen LogP contribution < -0.4 is 10.6 Å². The van der Waals surface area contributed by atoms with Crippen molar-refractivity contribution in [3.8, 4) is 6.07 Å². The molecular formula is C13H15N3O3. The van der Waals surface area contributed by atoms with E-state index in [0.29, 0.717) is 24.2 Å². The number of aliphatic carboxylic acids is 1. The lowest BCUT2D eigenvalue weighted by Gasteiger charge is -2.06.